The molecule has 0 aliphatic heterocycles. The average Bonchev–Trinajstić information content (AvgIpc) is 2.33. The van der Waals surface area contributed by atoms with E-state index in [-0.39, 0.29) is 5.78 Å². The van der Waals surface area contributed by atoms with E-state index in [0.29, 0.717) is 13.0 Å². The number of rotatable bonds is 5. The first-order valence-electron chi connectivity index (χ1n) is 6.22. The Morgan fingerprint density at radius 2 is 2.00 bits per heavy atom. The lowest BCUT2D eigenvalue weighted by Crippen LogP contribution is -2.43. The van der Waals surface area contributed by atoms with Crippen molar-refractivity contribution in [1.29, 1.82) is 0 Å². The van der Waals surface area contributed by atoms with E-state index in [9.17, 15) is 9.90 Å². The van der Waals surface area contributed by atoms with E-state index in [0.717, 1.165) is 30.5 Å². The quantitative estimate of drug-likeness (QED) is 0.769. The van der Waals surface area contributed by atoms with Crippen LogP contribution >= 0.6 is 0 Å². The minimum absolute atomic E-state index is 0.161. The summed E-state index contributed by atoms with van der Waals surface area (Å²) in [5.74, 6) is 0.161. The minimum Gasteiger partial charge on any atom is -0.388 e. The van der Waals surface area contributed by atoms with Gasteiger partial charge in [0.2, 0.25) is 0 Å². The monoisotopic (exact) mass is 233 g/mol. The highest BCUT2D eigenvalue weighted by Gasteiger charge is 2.33. The van der Waals surface area contributed by atoms with Crippen molar-refractivity contribution in [1.82, 2.24) is 0 Å². The van der Waals surface area contributed by atoms with Gasteiger partial charge in [0.05, 0.1) is 5.60 Å². The van der Waals surface area contributed by atoms with Crippen LogP contribution in [0.15, 0.2) is 24.3 Å². The van der Waals surface area contributed by atoms with E-state index in [1.165, 1.54) is 0 Å². The number of anilines is 1. The van der Waals surface area contributed by atoms with Gasteiger partial charge in [0.25, 0.3) is 0 Å². The molecule has 0 amide bonds. The molecule has 0 bridgehead atoms. The van der Waals surface area contributed by atoms with E-state index in [1.54, 1.807) is 0 Å². The van der Waals surface area contributed by atoms with Crippen LogP contribution in [0.5, 0.6) is 0 Å². The average molecular weight is 233 g/mol. The number of aliphatic hydroxyl groups is 1. The summed E-state index contributed by atoms with van der Waals surface area (Å²) in [5, 5.41) is 13.1. The van der Waals surface area contributed by atoms with Crippen LogP contribution in [0.3, 0.4) is 0 Å². The fourth-order valence-corrected chi connectivity index (χ4v) is 2.01. The van der Waals surface area contributed by atoms with Crippen molar-refractivity contribution in [3.8, 4) is 0 Å². The molecule has 0 aromatic heterocycles. The first-order valence-corrected chi connectivity index (χ1v) is 6.22. The van der Waals surface area contributed by atoms with E-state index in [2.05, 4.69) is 5.32 Å². The molecule has 1 aliphatic rings. The molecule has 17 heavy (non-hydrogen) atoms. The standard InChI is InChI=1S/C14H19NO2/c1-2-13(16)11-4-6-12(7-5-11)15-10-14(17)8-3-9-14/h4-7,15,17H,2-3,8-10H2,1H3. The summed E-state index contributed by atoms with van der Waals surface area (Å²) in [6, 6.07) is 7.45. The van der Waals surface area contributed by atoms with Gasteiger partial charge in [0, 0.05) is 24.2 Å². The van der Waals surface area contributed by atoms with Crippen LogP contribution in [0.1, 0.15) is 43.0 Å². The second-order valence-corrected chi connectivity index (χ2v) is 4.79. The van der Waals surface area contributed by atoms with E-state index in [4.69, 9.17) is 0 Å². The van der Waals surface area contributed by atoms with E-state index < -0.39 is 5.60 Å². The van der Waals surface area contributed by atoms with Gasteiger partial charge in [-0.2, -0.15) is 0 Å². The first kappa shape index (κ1) is 12.1. The molecule has 1 fully saturated rings. The lowest BCUT2D eigenvalue weighted by atomic mass is 9.80. The maximum absolute atomic E-state index is 11.4. The zero-order chi connectivity index (χ0) is 12.3. The number of ketones is 1. The van der Waals surface area contributed by atoms with Crippen molar-refractivity contribution in [2.75, 3.05) is 11.9 Å². The molecule has 0 radical (unpaired) electrons. The fourth-order valence-electron chi connectivity index (χ4n) is 2.01. The molecule has 3 heteroatoms. The summed E-state index contributed by atoms with van der Waals surface area (Å²) in [5.41, 5.74) is 1.19. The Hall–Kier alpha value is -1.35. The summed E-state index contributed by atoms with van der Waals surface area (Å²) in [7, 11) is 0. The Morgan fingerprint density at radius 1 is 1.35 bits per heavy atom. The second-order valence-electron chi connectivity index (χ2n) is 4.79. The van der Waals surface area contributed by atoms with Crippen LogP contribution in [-0.4, -0.2) is 23.0 Å². The third-order valence-electron chi connectivity index (χ3n) is 3.43. The van der Waals surface area contributed by atoms with Gasteiger partial charge in [0.15, 0.2) is 5.78 Å². The fraction of sp³-hybridized carbons (Fsp3) is 0.500. The number of benzene rings is 1. The van der Waals surface area contributed by atoms with Crippen molar-refractivity contribution in [2.24, 2.45) is 0 Å². The summed E-state index contributed by atoms with van der Waals surface area (Å²) in [4.78, 5) is 11.4. The van der Waals surface area contributed by atoms with Crippen molar-refractivity contribution in [2.45, 2.75) is 38.2 Å². The number of carbonyl (C=O) groups is 1. The van der Waals surface area contributed by atoms with Gasteiger partial charge in [-0.05, 0) is 43.5 Å². The third kappa shape index (κ3) is 2.86. The lowest BCUT2D eigenvalue weighted by Gasteiger charge is -2.36. The summed E-state index contributed by atoms with van der Waals surface area (Å²) >= 11 is 0. The normalized spacial score (nSPS) is 17.3. The number of Topliss-reactive ketones (excluding diaryl/α,β-unsaturated/α-hetero) is 1. The van der Waals surface area contributed by atoms with Crippen LogP contribution in [0.2, 0.25) is 0 Å². The van der Waals surface area contributed by atoms with Gasteiger partial charge in [-0.1, -0.05) is 6.92 Å². The van der Waals surface area contributed by atoms with Gasteiger partial charge in [-0.25, -0.2) is 0 Å². The molecular formula is C14H19NO2. The Labute approximate surface area is 102 Å². The Kier molecular flexibility index (Phi) is 3.48. The van der Waals surface area contributed by atoms with Gasteiger partial charge >= 0.3 is 0 Å². The summed E-state index contributed by atoms with van der Waals surface area (Å²) in [6.07, 6.45) is 3.41. The van der Waals surface area contributed by atoms with Crippen molar-refractivity contribution < 1.29 is 9.90 Å². The molecule has 3 nitrogen and oxygen atoms in total. The Bertz CT molecular complexity index is 393. The molecule has 0 heterocycles. The first-order chi connectivity index (χ1) is 8.13. The molecule has 0 unspecified atom stereocenters. The predicted molar refractivity (Wildman–Crippen MR) is 68.4 cm³/mol. The predicted octanol–water partition coefficient (Wildman–Crippen LogP) is 2.61. The van der Waals surface area contributed by atoms with Crippen molar-refractivity contribution >= 4 is 11.5 Å². The Morgan fingerprint density at radius 3 is 2.47 bits per heavy atom. The summed E-state index contributed by atoms with van der Waals surface area (Å²) in [6.45, 7) is 2.45. The molecule has 2 N–H and O–H groups in total. The lowest BCUT2D eigenvalue weighted by molar-refractivity contribution is -0.0202. The van der Waals surface area contributed by atoms with Crippen molar-refractivity contribution in [3.63, 3.8) is 0 Å². The number of carbonyl (C=O) groups excluding carboxylic acids is 1. The van der Waals surface area contributed by atoms with Gasteiger partial charge in [-0.15, -0.1) is 0 Å². The largest absolute Gasteiger partial charge is 0.388 e. The molecule has 92 valence electrons. The Balaban J connectivity index is 1.91. The summed E-state index contributed by atoms with van der Waals surface area (Å²) < 4.78 is 0. The zero-order valence-corrected chi connectivity index (χ0v) is 10.2. The van der Waals surface area contributed by atoms with Crippen LogP contribution in [-0.2, 0) is 0 Å². The smallest absolute Gasteiger partial charge is 0.162 e. The van der Waals surface area contributed by atoms with Crippen molar-refractivity contribution in [3.05, 3.63) is 29.8 Å². The number of nitrogens with one attached hydrogen (secondary N) is 1. The highest BCUT2D eigenvalue weighted by atomic mass is 16.3. The zero-order valence-electron chi connectivity index (χ0n) is 10.2. The highest BCUT2D eigenvalue weighted by Crippen LogP contribution is 2.31. The highest BCUT2D eigenvalue weighted by molar-refractivity contribution is 5.96. The van der Waals surface area contributed by atoms with Gasteiger partial charge < -0.3 is 10.4 Å². The third-order valence-corrected chi connectivity index (χ3v) is 3.43. The minimum atomic E-state index is -0.516. The molecule has 2 rings (SSSR count). The molecule has 1 aromatic rings. The molecular weight excluding hydrogens is 214 g/mol. The molecule has 1 aromatic carbocycles. The number of hydrogen-bond donors (Lipinski definition) is 2. The maximum atomic E-state index is 11.4. The van der Waals surface area contributed by atoms with E-state index >= 15 is 0 Å². The van der Waals surface area contributed by atoms with Crippen LogP contribution in [0, 0.1) is 0 Å². The molecule has 0 saturated heterocycles. The molecule has 1 saturated carbocycles. The maximum Gasteiger partial charge on any atom is 0.162 e. The van der Waals surface area contributed by atoms with Crippen LogP contribution < -0.4 is 5.32 Å². The second kappa shape index (κ2) is 4.88. The van der Waals surface area contributed by atoms with E-state index in [1.807, 2.05) is 31.2 Å². The molecule has 0 spiro atoms. The SMILES string of the molecule is CCC(=O)c1ccc(NCC2(O)CCC2)cc1. The van der Waals surface area contributed by atoms with Crippen LogP contribution in [0.25, 0.3) is 0 Å². The molecule has 0 atom stereocenters. The topological polar surface area (TPSA) is 49.3 Å². The van der Waals surface area contributed by atoms with Crippen LogP contribution in [0.4, 0.5) is 5.69 Å². The molecule has 1 aliphatic carbocycles. The van der Waals surface area contributed by atoms with Gasteiger partial charge in [0.1, 0.15) is 0 Å². The van der Waals surface area contributed by atoms with Gasteiger partial charge in [-0.3, -0.25) is 4.79 Å². The number of hydrogen-bond acceptors (Lipinski definition) is 3.